The zero-order valence-electron chi connectivity index (χ0n) is 12.4. The molecule has 0 fully saturated rings. The monoisotopic (exact) mass is 425 g/mol. The molecule has 3 aromatic rings. The fourth-order valence-corrected chi connectivity index (χ4v) is 5.06. The summed E-state index contributed by atoms with van der Waals surface area (Å²) in [5.41, 5.74) is 1.69. The minimum Gasteiger partial charge on any atom is -0.278 e. The van der Waals surface area contributed by atoms with Gasteiger partial charge in [0.2, 0.25) is 0 Å². The maximum Gasteiger partial charge on any atom is 0.271 e. The molecule has 2 N–H and O–H groups in total. The van der Waals surface area contributed by atoms with E-state index in [4.69, 9.17) is 0 Å². The fraction of sp³-hybridized carbons (Fsp3) is 0.0667. The van der Waals surface area contributed by atoms with Gasteiger partial charge in [-0.1, -0.05) is 6.07 Å². The second-order valence-corrected chi connectivity index (χ2v) is 8.86. The highest BCUT2D eigenvalue weighted by atomic mass is 79.9. The van der Waals surface area contributed by atoms with Crippen LogP contribution in [-0.4, -0.2) is 18.6 Å². The van der Waals surface area contributed by atoms with Gasteiger partial charge >= 0.3 is 0 Å². The van der Waals surface area contributed by atoms with Gasteiger partial charge in [0.25, 0.3) is 15.6 Å². The minimum absolute atomic E-state index is 0.165. The second kappa shape index (κ2) is 6.50. The van der Waals surface area contributed by atoms with E-state index in [0.29, 0.717) is 20.7 Å². The summed E-state index contributed by atoms with van der Waals surface area (Å²) in [4.78, 5) is 11.7. The summed E-state index contributed by atoms with van der Waals surface area (Å²) < 4.78 is 28.5. The van der Waals surface area contributed by atoms with Crippen molar-refractivity contribution < 1.29 is 8.42 Å². The molecule has 0 aliphatic carbocycles. The first-order valence-electron chi connectivity index (χ1n) is 6.80. The Balaban J connectivity index is 1.90. The molecule has 124 valence electrons. The number of nitrogens with zero attached hydrogens (tertiary/aromatic N) is 1. The van der Waals surface area contributed by atoms with Crippen LogP contribution in [0.25, 0.3) is 10.6 Å². The van der Waals surface area contributed by atoms with Crippen LogP contribution in [0.4, 0.5) is 5.69 Å². The predicted octanol–water partition coefficient (Wildman–Crippen LogP) is 3.37. The molecule has 6 nitrogen and oxygen atoms in total. The van der Waals surface area contributed by atoms with E-state index in [2.05, 4.69) is 30.8 Å². The molecule has 9 heteroatoms. The van der Waals surface area contributed by atoms with Gasteiger partial charge in [0.15, 0.2) is 0 Å². The molecular formula is C15H12BrN3O3S2. The van der Waals surface area contributed by atoms with E-state index in [1.165, 1.54) is 12.1 Å². The van der Waals surface area contributed by atoms with E-state index in [-0.39, 0.29) is 9.77 Å². The lowest BCUT2D eigenvalue weighted by Crippen LogP contribution is -2.11. The van der Waals surface area contributed by atoms with Crippen molar-refractivity contribution in [1.29, 1.82) is 0 Å². The quantitative estimate of drug-likeness (QED) is 0.669. The molecule has 0 radical (unpaired) electrons. The molecule has 0 spiro atoms. The van der Waals surface area contributed by atoms with Gasteiger partial charge in [-0.05, 0) is 58.7 Å². The van der Waals surface area contributed by atoms with Crippen LogP contribution in [0.5, 0.6) is 0 Å². The van der Waals surface area contributed by atoms with E-state index in [9.17, 15) is 13.2 Å². The number of aryl methyl sites for hydroxylation is 1. The normalized spacial score (nSPS) is 11.4. The van der Waals surface area contributed by atoms with Crippen LogP contribution < -0.4 is 10.3 Å². The van der Waals surface area contributed by atoms with Gasteiger partial charge in [0.05, 0.1) is 10.6 Å². The van der Waals surface area contributed by atoms with Crippen LogP contribution in [0.2, 0.25) is 0 Å². The molecule has 2 heterocycles. The van der Waals surface area contributed by atoms with Crippen LogP contribution >= 0.6 is 27.3 Å². The van der Waals surface area contributed by atoms with Gasteiger partial charge in [-0.15, -0.1) is 11.3 Å². The Morgan fingerprint density at radius 3 is 2.62 bits per heavy atom. The number of aromatic nitrogens is 2. The molecule has 0 aliphatic rings. The molecule has 0 saturated heterocycles. The summed E-state index contributed by atoms with van der Waals surface area (Å²) in [7, 11) is -3.71. The van der Waals surface area contributed by atoms with Crippen molar-refractivity contribution in [2.24, 2.45) is 0 Å². The summed E-state index contributed by atoms with van der Waals surface area (Å²) >= 11 is 4.43. The molecule has 0 atom stereocenters. The van der Waals surface area contributed by atoms with Gasteiger partial charge in [0.1, 0.15) is 9.90 Å². The number of benzene rings is 1. The van der Waals surface area contributed by atoms with Crippen LogP contribution in [0.3, 0.4) is 0 Å². The largest absolute Gasteiger partial charge is 0.278 e. The molecule has 0 amide bonds. The molecular weight excluding hydrogens is 414 g/mol. The van der Waals surface area contributed by atoms with Crippen LogP contribution in [0.1, 0.15) is 5.56 Å². The molecule has 2 aromatic heterocycles. The van der Waals surface area contributed by atoms with Gasteiger partial charge in [-0.2, -0.15) is 5.10 Å². The van der Waals surface area contributed by atoms with Gasteiger partial charge in [-0.3, -0.25) is 9.52 Å². The van der Waals surface area contributed by atoms with Crippen LogP contribution in [0.15, 0.2) is 55.9 Å². The molecule has 24 heavy (non-hydrogen) atoms. The molecule has 0 bridgehead atoms. The summed E-state index contributed by atoms with van der Waals surface area (Å²) in [6.07, 6.45) is 0. The minimum atomic E-state index is -3.71. The average molecular weight is 426 g/mol. The number of halogens is 1. The topological polar surface area (TPSA) is 91.9 Å². The van der Waals surface area contributed by atoms with Gasteiger partial charge < -0.3 is 0 Å². The lowest BCUT2D eigenvalue weighted by atomic mass is 10.2. The standard InChI is InChI=1S/C15H12BrN3O3S2/c1-9-2-3-11(10(16)8-9)19-24(21,22)15-7-5-13(23-15)12-4-6-14(20)18-17-12/h2-8,19H,1H3,(H,18,20). The number of hydrogen-bond donors (Lipinski definition) is 2. The second-order valence-electron chi connectivity index (χ2n) is 5.01. The molecule has 0 unspecified atom stereocenters. The van der Waals surface area contributed by atoms with E-state index in [0.717, 1.165) is 16.9 Å². The molecule has 1 aromatic carbocycles. The summed E-state index contributed by atoms with van der Waals surface area (Å²) in [6, 6.07) is 11.4. The highest BCUT2D eigenvalue weighted by Gasteiger charge is 2.19. The number of nitrogens with one attached hydrogen (secondary N) is 2. The number of H-pyrrole nitrogens is 1. The number of sulfonamides is 1. The average Bonchev–Trinajstić information content (AvgIpc) is 3.02. The van der Waals surface area contributed by atoms with E-state index < -0.39 is 10.0 Å². The summed E-state index contributed by atoms with van der Waals surface area (Å²) in [6.45, 7) is 1.92. The van der Waals surface area contributed by atoms with Crippen molar-refractivity contribution in [3.05, 3.63) is 62.9 Å². The SMILES string of the molecule is Cc1ccc(NS(=O)(=O)c2ccc(-c3ccc(=O)[nH]n3)s2)c(Br)c1. The van der Waals surface area contributed by atoms with Gasteiger partial charge in [-0.25, -0.2) is 13.5 Å². The Morgan fingerprint density at radius 2 is 1.96 bits per heavy atom. The zero-order chi connectivity index (χ0) is 17.3. The van der Waals surface area contributed by atoms with Crippen molar-refractivity contribution >= 4 is 43.0 Å². The highest BCUT2D eigenvalue weighted by molar-refractivity contribution is 9.10. The zero-order valence-corrected chi connectivity index (χ0v) is 15.6. The summed E-state index contributed by atoms with van der Waals surface area (Å²) in [5.74, 6) is 0. The Kier molecular flexibility index (Phi) is 4.57. The van der Waals surface area contributed by atoms with Gasteiger partial charge in [0, 0.05) is 10.5 Å². The summed E-state index contributed by atoms with van der Waals surface area (Å²) in [5, 5.41) is 6.23. The number of anilines is 1. The fourth-order valence-electron chi connectivity index (χ4n) is 1.98. The molecule has 3 rings (SSSR count). The Bertz CT molecular complexity index is 1040. The maximum absolute atomic E-state index is 12.5. The highest BCUT2D eigenvalue weighted by Crippen LogP contribution is 2.31. The third-order valence-corrected chi connectivity index (χ3v) is 6.77. The maximum atomic E-state index is 12.5. The number of hydrogen-bond acceptors (Lipinski definition) is 5. The lowest BCUT2D eigenvalue weighted by Gasteiger charge is -2.08. The Labute approximate surface area is 150 Å². The number of rotatable bonds is 4. The molecule has 0 saturated carbocycles. The first-order chi connectivity index (χ1) is 11.3. The van der Waals surface area contributed by atoms with Crippen molar-refractivity contribution in [1.82, 2.24) is 10.2 Å². The van der Waals surface area contributed by atoms with Crippen molar-refractivity contribution in [2.75, 3.05) is 4.72 Å². The van der Waals surface area contributed by atoms with Crippen LogP contribution in [0, 0.1) is 6.92 Å². The van der Waals surface area contributed by atoms with Crippen molar-refractivity contribution in [3.8, 4) is 10.6 Å². The third kappa shape index (κ3) is 3.58. The first kappa shape index (κ1) is 16.9. The van der Waals surface area contributed by atoms with Crippen molar-refractivity contribution in [3.63, 3.8) is 0 Å². The Morgan fingerprint density at radius 1 is 1.17 bits per heavy atom. The number of thiophene rings is 1. The van der Waals surface area contributed by atoms with E-state index >= 15 is 0 Å². The van der Waals surface area contributed by atoms with Crippen molar-refractivity contribution in [2.45, 2.75) is 11.1 Å². The van der Waals surface area contributed by atoms with E-state index in [1.807, 2.05) is 19.1 Å². The smallest absolute Gasteiger partial charge is 0.271 e. The lowest BCUT2D eigenvalue weighted by molar-refractivity contribution is 0.603. The van der Waals surface area contributed by atoms with E-state index in [1.54, 1.807) is 18.2 Å². The predicted molar refractivity (Wildman–Crippen MR) is 97.9 cm³/mol. The molecule has 0 aliphatic heterocycles. The van der Waals surface area contributed by atoms with Crippen LogP contribution in [-0.2, 0) is 10.0 Å². The first-order valence-corrected chi connectivity index (χ1v) is 9.89. The number of aromatic amines is 1. The third-order valence-electron chi connectivity index (χ3n) is 3.15. The Hall–Kier alpha value is -1.97.